The highest BCUT2D eigenvalue weighted by atomic mass is 32.2. The van der Waals surface area contributed by atoms with Gasteiger partial charge in [0.05, 0.1) is 16.5 Å². The molecule has 1 N–H and O–H groups in total. The van der Waals surface area contributed by atoms with Gasteiger partial charge in [-0.1, -0.05) is 27.2 Å². The summed E-state index contributed by atoms with van der Waals surface area (Å²) in [4.78, 5) is 13.0. The number of nitriles is 1. The van der Waals surface area contributed by atoms with Crippen molar-refractivity contribution in [3.63, 3.8) is 0 Å². The van der Waals surface area contributed by atoms with Crippen molar-refractivity contribution in [2.24, 2.45) is 17.3 Å². The summed E-state index contributed by atoms with van der Waals surface area (Å²) in [5.41, 5.74) is 0.795. The first-order chi connectivity index (χ1) is 14.7. The monoisotopic (exact) mass is 445 g/mol. The predicted molar refractivity (Wildman–Crippen MR) is 121 cm³/mol. The van der Waals surface area contributed by atoms with Crippen LogP contribution in [-0.4, -0.2) is 37.8 Å². The second-order valence-corrected chi connectivity index (χ2v) is 11.7. The fraction of sp³-hybridized carbons (Fsp3) is 0.667. The van der Waals surface area contributed by atoms with Crippen molar-refractivity contribution < 1.29 is 13.2 Å². The van der Waals surface area contributed by atoms with Crippen LogP contribution in [0.2, 0.25) is 0 Å². The van der Waals surface area contributed by atoms with Crippen LogP contribution >= 0.6 is 0 Å². The molecule has 2 aliphatic rings. The Kier molecular flexibility index (Phi) is 7.43. The maximum atomic E-state index is 12.9. The van der Waals surface area contributed by atoms with Crippen LogP contribution in [0.1, 0.15) is 71.3 Å². The van der Waals surface area contributed by atoms with Crippen LogP contribution in [0.25, 0.3) is 0 Å². The van der Waals surface area contributed by atoms with Crippen LogP contribution in [0.3, 0.4) is 0 Å². The zero-order valence-electron chi connectivity index (χ0n) is 18.9. The third-order valence-corrected chi connectivity index (χ3v) is 9.45. The van der Waals surface area contributed by atoms with Gasteiger partial charge in [-0.3, -0.25) is 4.79 Å². The summed E-state index contributed by atoms with van der Waals surface area (Å²) in [7, 11) is -3.59. The Hall–Kier alpha value is -1.91. The average Bonchev–Trinajstić information content (AvgIpc) is 2.79. The molecule has 0 spiro atoms. The number of sulfonamides is 1. The van der Waals surface area contributed by atoms with E-state index in [2.05, 4.69) is 26.1 Å². The number of nitrogens with zero attached hydrogens (tertiary/aromatic N) is 2. The van der Waals surface area contributed by atoms with Gasteiger partial charge in [0.1, 0.15) is 0 Å². The van der Waals surface area contributed by atoms with Crippen LogP contribution in [0, 0.1) is 28.6 Å². The standard InChI is InChI=1S/C24H35N3O3S/c1-4-24(2,3)20-7-9-21(10-8-20)26-23(28)19-13-15-27(16-14-19)31(29,30)22-11-5-18(17-25)6-12-22/h5-6,11-12,19-21H,4,7-10,13-16H2,1-3H3,(H,26,28). The lowest BCUT2D eigenvalue weighted by molar-refractivity contribution is -0.127. The molecule has 1 saturated heterocycles. The van der Waals surface area contributed by atoms with Gasteiger partial charge in [0.15, 0.2) is 0 Å². The average molecular weight is 446 g/mol. The molecule has 2 fully saturated rings. The minimum Gasteiger partial charge on any atom is -0.353 e. The molecule has 7 heteroatoms. The third-order valence-electron chi connectivity index (χ3n) is 7.54. The lowest BCUT2D eigenvalue weighted by Crippen LogP contribution is -2.46. The van der Waals surface area contributed by atoms with Crippen molar-refractivity contribution in [2.45, 2.75) is 76.7 Å². The molecule has 1 aliphatic carbocycles. The van der Waals surface area contributed by atoms with Gasteiger partial charge in [-0.05, 0) is 74.1 Å². The van der Waals surface area contributed by atoms with Gasteiger partial charge < -0.3 is 5.32 Å². The second-order valence-electron chi connectivity index (χ2n) is 9.71. The number of hydrogen-bond donors (Lipinski definition) is 1. The van der Waals surface area contributed by atoms with E-state index in [1.165, 1.54) is 35.0 Å². The minimum atomic E-state index is -3.59. The highest BCUT2D eigenvalue weighted by Crippen LogP contribution is 2.40. The fourth-order valence-corrected chi connectivity index (χ4v) is 6.31. The lowest BCUT2D eigenvalue weighted by atomic mass is 9.69. The maximum Gasteiger partial charge on any atom is 0.243 e. The number of nitrogens with one attached hydrogen (secondary N) is 1. The summed E-state index contributed by atoms with van der Waals surface area (Å²) < 4.78 is 27.2. The molecule has 170 valence electrons. The summed E-state index contributed by atoms with van der Waals surface area (Å²) in [6.07, 6.45) is 6.65. The van der Waals surface area contributed by atoms with Crippen LogP contribution in [-0.2, 0) is 14.8 Å². The van der Waals surface area contributed by atoms with Gasteiger partial charge >= 0.3 is 0 Å². The molecule has 1 amide bonds. The molecule has 0 radical (unpaired) electrons. The van der Waals surface area contributed by atoms with Crippen molar-refractivity contribution in [1.82, 2.24) is 9.62 Å². The van der Waals surface area contributed by atoms with E-state index in [9.17, 15) is 13.2 Å². The first-order valence-corrected chi connectivity index (χ1v) is 12.9. The molecule has 1 heterocycles. The lowest BCUT2D eigenvalue weighted by Gasteiger charge is -2.39. The van der Waals surface area contributed by atoms with E-state index in [-0.39, 0.29) is 22.8 Å². The molecule has 1 aromatic carbocycles. The summed E-state index contributed by atoms with van der Waals surface area (Å²) in [6.45, 7) is 7.63. The summed E-state index contributed by atoms with van der Waals surface area (Å²) in [5.74, 6) is 0.673. The second kappa shape index (κ2) is 9.70. The van der Waals surface area contributed by atoms with Crippen LogP contribution in [0.5, 0.6) is 0 Å². The fourth-order valence-electron chi connectivity index (χ4n) is 4.84. The Morgan fingerprint density at radius 2 is 1.68 bits per heavy atom. The first kappa shape index (κ1) is 23.7. The molecular formula is C24H35N3O3S. The zero-order valence-corrected chi connectivity index (χ0v) is 19.7. The van der Waals surface area contributed by atoms with Crippen molar-refractivity contribution in [1.29, 1.82) is 5.26 Å². The largest absolute Gasteiger partial charge is 0.353 e. The van der Waals surface area contributed by atoms with E-state index in [4.69, 9.17) is 5.26 Å². The molecule has 1 aliphatic heterocycles. The van der Waals surface area contributed by atoms with Gasteiger partial charge in [0.25, 0.3) is 0 Å². The van der Waals surface area contributed by atoms with Gasteiger partial charge in [0, 0.05) is 25.0 Å². The number of hydrogen-bond acceptors (Lipinski definition) is 4. The molecule has 6 nitrogen and oxygen atoms in total. The van der Waals surface area contributed by atoms with Crippen molar-refractivity contribution >= 4 is 15.9 Å². The Balaban J connectivity index is 1.49. The smallest absolute Gasteiger partial charge is 0.243 e. The third kappa shape index (κ3) is 5.48. The van der Waals surface area contributed by atoms with Gasteiger partial charge in [0.2, 0.25) is 15.9 Å². The molecule has 0 unspecified atom stereocenters. The van der Waals surface area contributed by atoms with Crippen LogP contribution in [0.15, 0.2) is 29.2 Å². The van der Waals surface area contributed by atoms with Gasteiger partial charge in [-0.15, -0.1) is 0 Å². The number of carbonyl (C=O) groups excluding carboxylic acids is 1. The highest BCUT2D eigenvalue weighted by Gasteiger charge is 2.35. The Bertz CT molecular complexity index is 902. The van der Waals surface area contributed by atoms with Crippen molar-refractivity contribution in [3.8, 4) is 6.07 Å². The quantitative estimate of drug-likeness (QED) is 0.715. The Labute approximate surface area is 187 Å². The molecular weight excluding hydrogens is 410 g/mol. The summed E-state index contributed by atoms with van der Waals surface area (Å²) in [6, 6.07) is 8.23. The van der Waals surface area contributed by atoms with E-state index < -0.39 is 10.0 Å². The minimum absolute atomic E-state index is 0.0774. The normalized spacial score (nSPS) is 23.8. The molecule has 1 saturated carbocycles. The SMILES string of the molecule is CCC(C)(C)C1CCC(NC(=O)C2CCN(S(=O)(=O)c3ccc(C#N)cc3)CC2)CC1. The Morgan fingerprint density at radius 3 is 2.19 bits per heavy atom. The van der Waals surface area contributed by atoms with E-state index in [1.54, 1.807) is 0 Å². The highest BCUT2D eigenvalue weighted by molar-refractivity contribution is 7.89. The molecule has 1 aromatic rings. The number of rotatable bonds is 6. The van der Waals surface area contributed by atoms with E-state index in [0.29, 0.717) is 36.9 Å². The number of amides is 1. The van der Waals surface area contributed by atoms with Gasteiger partial charge in [-0.25, -0.2) is 8.42 Å². The van der Waals surface area contributed by atoms with E-state index in [1.807, 2.05) is 6.07 Å². The molecule has 3 rings (SSSR count). The van der Waals surface area contributed by atoms with Crippen LogP contribution in [0.4, 0.5) is 0 Å². The molecule has 31 heavy (non-hydrogen) atoms. The van der Waals surface area contributed by atoms with Crippen LogP contribution < -0.4 is 5.32 Å². The number of piperidine rings is 1. The van der Waals surface area contributed by atoms with Crippen molar-refractivity contribution in [2.75, 3.05) is 13.1 Å². The zero-order chi connectivity index (χ0) is 22.6. The molecule has 0 aromatic heterocycles. The molecule has 0 bridgehead atoms. The predicted octanol–water partition coefficient (Wildman–Crippen LogP) is 4.07. The van der Waals surface area contributed by atoms with Gasteiger partial charge in [-0.2, -0.15) is 9.57 Å². The van der Waals surface area contributed by atoms with E-state index in [0.717, 1.165) is 31.6 Å². The summed E-state index contributed by atoms with van der Waals surface area (Å²) >= 11 is 0. The van der Waals surface area contributed by atoms with E-state index >= 15 is 0 Å². The topological polar surface area (TPSA) is 90.3 Å². The maximum absolute atomic E-state index is 12.9. The first-order valence-electron chi connectivity index (χ1n) is 11.5. The number of carbonyl (C=O) groups is 1. The summed E-state index contributed by atoms with van der Waals surface area (Å²) in [5, 5.41) is 12.1. The Morgan fingerprint density at radius 1 is 1.10 bits per heavy atom. The number of benzene rings is 1. The van der Waals surface area contributed by atoms with Crippen molar-refractivity contribution in [3.05, 3.63) is 29.8 Å². The molecule has 0 atom stereocenters.